The van der Waals surface area contributed by atoms with E-state index in [0.717, 1.165) is 31.6 Å². The Kier molecular flexibility index (Phi) is 7.80. The van der Waals surface area contributed by atoms with Crippen molar-refractivity contribution in [2.45, 2.75) is 46.1 Å². The van der Waals surface area contributed by atoms with E-state index in [4.69, 9.17) is 11.6 Å². The van der Waals surface area contributed by atoms with Crippen LogP contribution in [0.25, 0.3) is 0 Å². The molecule has 4 heteroatoms. The molecule has 1 saturated heterocycles. The zero-order chi connectivity index (χ0) is 17.4. The van der Waals surface area contributed by atoms with Crippen molar-refractivity contribution in [1.29, 1.82) is 0 Å². The van der Waals surface area contributed by atoms with Gasteiger partial charge in [0.25, 0.3) is 0 Å². The third-order valence-corrected chi connectivity index (χ3v) is 5.07. The van der Waals surface area contributed by atoms with Crippen LogP contribution in [0.15, 0.2) is 35.9 Å². The van der Waals surface area contributed by atoms with Gasteiger partial charge in [0.05, 0.1) is 0 Å². The summed E-state index contributed by atoms with van der Waals surface area (Å²) in [5.74, 6) is 0.825. The minimum atomic E-state index is 0.141. The first kappa shape index (κ1) is 19.0. The van der Waals surface area contributed by atoms with Crippen molar-refractivity contribution in [1.82, 2.24) is 10.2 Å². The van der Waals surface area contributed by atoms with Crippen LogP contribution < -0.4 is 5.32 Å². The number of benzene rings is 1. The predicted molar refractivity (Wildman–Crippen MR) is 101 cm³/mol. The quantitative estimate of drug-likeness (QED) is 0.740. The van der Waals surface area contributed by atoms with Gasteiger partial charge in [-0.2, -0.15) is 0 Å². The molecule has 1 heterocycles. The van der Waals surface area contributed by atoms with Crippen molar-refractivity contribution in [3.63, 3.8) is 0 Å². The van der Waals surface area contributed by atoms with Crippen LogP contribution in [-0.2, 0) is 11.3 Å². The fourth-order valence-electron chi connectivity index (χ4n) is 3.15. The van der Waals surface area contributed by atoms with E-state index in [2.05, 4.69) is 30.1 Å². The summed E-state index contributed by atoms with van der Waals surface area (Å²) in [6.07, 6.45) is 6.23. The lowest BCUT2D eigenvalue weighted by molar-refractivity contribution is -0.121. The summed E-state index contributed by atoms with van der Waals surface area (Å²) in [4.78, 5) is 14.5. The van der Waals surface area contributed by atoms with Gasteiger partial charge in [0.2, 0.25) is 5.91 Å². The Morgan fingerprint density at radius 2 is 2.12 bits per heavy atom. The summed E-state index contributed by atoms with van der Waals surface area (Å²) in [7, 11) is 0. The summed E-state index contributed by atoms with van der Waals surface area (Å²) in [5.41, 5.74) is 2.48. The van der Waals surface area contributed by atoms with Crippen molar-refractivity contribution in [2.24, 2.45) is 5.92 Å². The normalized spacial score (nSPS) is 17.0. The highest BCUT2D eigenvalue weighted by molar-refractivity contribution is 6.30. The lowest BCUT2D eigenvalue weighted by Gasteiger charge is -2.32. The Morgan fingerprint density at radius 1 is 1.38 bits per heavy atom. The number of hydrogen-bond acceptors (Lipinski definition) is 2. The maximum atomic E-state index is 12.0. The van der Waals surface area contributed by atoms with Crippen molar-refractivity contribution in [3.8, 4) is 0 Å². The van der Waals surface area contributed by atoms with Gasteiger partial charge in [0, 0.05) is 24.5 Å². The monoisotopic (exact) mass is 348 g/mol. The molecule has 0 aromatic heterocycles. The van der Waals surface area contributed by atoms with Crippen LogP contribution in [0.5, 0.6) is 0 Å². The third-order valence-electron chi connectivity index (χ3n) is 4.83. The van der Waals surface area contributed by atoms with Crippen LogP contribution in [0.2, 0.25) is 5.02 Å². The van der Waals surface area contributed by atoms with E-state index >= 15 is 0 Å². The molecule has 1 amide bonds. The number of rotatable bonds is 7. The number of carbonyl (C=O) groups excluding carboxylic acids is 1. The van der Waals surface area contributed by atoms with E-state index in [-0.39, 0.29) is 5.91 Å². The zero-order valence-corrected chi connectivity index (χ0v) is 15.6. The Hall–Kier alpha value is -1.32. The SMILES string of the molecule is C/C=C(\C)CN1CCC(CCC(=O)NCc2cccc(Cl)c2)CC1. The smallest absolute Gasteiger partial charge is 0.220 e. The predicted octanol–water partition coefficient (Wildman–Crippen LogP) is 4.41. The van der Waals surface area contributed by atoms with E-state index < -0.39 is 0 Å². The van der Waals surface area contributed by atoms with Crippen LogP contribution in [0, 0.1) is 5.92 Å². The molecule has 0 unspecified atom stereocenters. The van der Waals surface area contributed by atoms with Gasteiger partial charge in [-0.3, -0.25) is 9.69 Å². The average Bonchev–Trinajstić information content (AvgIpc) is 2.59. The van der Waals surface area contributed by atoms with Crippen molar-refractivity contribution < 1.29 is 4.79 Å². The zero-order valence-electron chi connectivity index (χ0n) is 14.9. The highest BCUT2D eigenvalue weighted by Gasteiger charge is 2.19. The minimum Gasteiger partial charge on any atom is -0.352 e. The average molecular weight is 349 g/mol. The van der Waals surface area contributed by atoms with Crippen LogP contribution in [0.4, 0.5) is 0 Å². The fraction of sp³-hybridized carbons (Fsp3) is 0.550. The molecule has 3 nitrogen and oxygen atoms in total. The molecule has 2 rings (SSSR count). The van der Waals surface area contributed by atoms with Crippen LogP contribution in [0.1, 0.15) is 45.1 Å². The molecule has 1 fully saturated rings. The number of likely N-dealkylation sites (tertiary alicyclic amines) is 1. The number of amides is 1. The van der Waals surface area contributed by atoms with Gasteiger partial charge in [0.15, 0.2) is 0 Å². The number of nitrogens with one attached hydrogen (secondary N) is 1. The molecule has 0 spiro atoms. The number of carbonyl (C=O) groups is 1. The first-order chi connectivity index (χ1) is 11.6. The second kappa shape index (κ2) is 9.85. The highest BCUT2D eigenvalue weighted by Crippen LogP contribution is 2.22. The van der Waals surface area contributed by atoms with E-state index in [0.29, 0.717) is 23.9 Å². The second-order valence-corrected chi connectivity index (χ2v) is 7.24. The molecule has 132 valence electrons. The number of hydrogen-bond donors (Lipinski definition) is 1. The van der Waals surface area contributed by atoms with E-state index in [1.165, 1.54) is 18.4 Å². The largest absolute Gasteiger partial charge is 0.352 e. The minimum absolute atomic E-state index is 0.141. The van der Waals surface area contributed by atoms with Crippen molar-refractivity contribution in [3.05, 3.63) is 46.5 Å². The Morgan fingerprint density at radius 3 is 2.79 bits per heavy atom. The topological polar surface area (TPSA) is 32.3 Å². The number of nitrogens with zero attached hydrogens (tertiary/aromatic N) is 1. The Labute approximate surface area is 151 Å². The van der Waals surface area contributed by atoms with Crippen LogP contribution in [0.3, 0.4) is 0 Å². The molecule has 24 heavy (non-hydrogen) atoms. The molecular weight excluding hydrogens is 320 g/mol. The summed E-state index contributed by atoms with van der Waals surface area (Å²) in [6.45, 7) is 8.24. The molecule has 0 atom stereocenters. The van der Waals surface area contributed by atoms with Crippen molar-refractivity contribution >= 4 is 17.5 Å². The number of allylic oxidation sites excluding steroid dienone is 1. The molecule has 0 saturated carbocycles. The third kappa shape index (κ3) is 6.66. The first-order valence-electron chi connectivity index (χ1n) is 8.92. The van der Waals surface area contributed by atoms with E-state index in [9.17, 15) is 4.79 Å². The summed E-state index contributed by atoms with van der Waals surface area (Å²) in [5, 5.41) is 3.70. The summed E-state index contributed by atoms with van der Waals surface area (Å²) in [6, 6.07) is 7.63. The Bertz CT molecular complexity index is 563. The van der Waals surface area contributed by atoms with Gasteiger partial charge in [-0.05, 0) is 69.8 Å². The van der Waals surface area contributed by atoms with E-state index in [1.54, 1.807) is 0 Å². The van der Waals surface area contributed by atoms with Gasteiger partial charge < -0.3 is 5.32 Å². The summed E-state index contributed by atoms with van der Waals surface area (Å²) < 4.78 is 0. The molecule has 0 radical (unpaired) electrons. The van der Waals surface area contributed by atoms with Gasteiger partial charge in [-0.1, -0.05) is 35.4 Å². The van der Waals surface area contributed by atoms with Crippen molar-refractivity contribution in [2.75, 3.05) is 19.6 Å². The number of piperidine rings is 1. The van der Waals surface area contributed by atoms with Gasteiger partial charge in [-0.15, -0.1) is 0 Å². The van der Waals surface area contributed by atoms with Gasteiger partial charge in [-0.25, -0.2) is 0 Å². The lowest BCUT2D eigenvalue weighted by atomic mass is 9.92. The lowest BCUT2D eigenvalue weighted by Crippen LogP contribution is -2.35. The van der Waals surface area contributed by atoms with E-state index in [1.807, 2.05) is 24.3 Å². The molecule has 1 N–H and O–H groups in total. The van der Waals surface area contributed by atoms with Gasteiger partial charge in [0.1, 0.15) is 0 Å². The molecule has 1 aliphatic heterocycles. The maximum absolute atomic E-state index is 12.0. The fourth-order valence-corrected chi connectivity index (χ4v) is 3.36. The standard InChI is InChI=1S/C20H29ClN2O/c1-3-16(2)15-23-11-9-17(10-12-23)7-8-20(24)22-14-18-5-4-6-19(21)13-18/h3-6,13,17H,7-12,14-15H2,1-2H3,(H,22,24)/b16-3+. The maximum Gasteiger partial charge on any atom is 0.220 e. The molecule has 1 aliphatic rings. The second-order valence-electron chi connectivity index (χ2n) is 6.80. The molecule has 0 bridgehead atoms. The Balaban J connectivity index is 1.62. The molecule has 0 aliphatic carbocycles. The van der Waals surface area contributed by atoms with Gasteiger partial charge >= 0.3 is 0 Å². The molecule has 1 aromatic carbocycles. The highest BCUT2D eigenvalue weighted by atomic mass is 35.5. The molecular formula is C20H29ClN2O. The first-order valence-corrected chi connectivity index (χ1v) is 9.30. The van der Waals surface area contributed by atoms with Crippen LogP contribution in [-0.4, -0.2) is 30.4 Å². The molecule has 1 aromatic rings. The number of halogens is 1. The summed E-state index contributed by atoms with van der Waals surface area (Å²) >= 11 is 5.96. The van der Waals surface area contributed by atoms with Crippen LogP contribution >= 0.6 is 11.6 Å².